The first-order valence-electron chi connectivity index (χ1n) is 8.16. The molecule has 4 heteroatoms. The van der Waals surface area contributed by atoms with Crippen LogP contribution in [-0.2, 0) is 9.53 Å². The van der Waals surface area contributed by atoms with Crippen molar-refractivity contribution in [3.63, 3.8) is 0 Å². The van der Waals surface area contributed by atoms with Gasteiger partial charge in [-0.05, 0) is 69.4 Å². The third kappa shape index (κ3) is 4.72. The van der Waals surface area contributed by atoms with Gasteiger partial charge in [0.15, 0.2) is 0 Å². The number of hydrogen-bond donors (Lipinski definition) is 1. The van der Waals surface area contributed by atoms with E-state index in [1.165, 1.54) is 5.56 Å². The molecule has 3 atom stereocenters. The zero-order valence-electron chi connectivity index (χ0n) is 14.1. The maximum Gasteiger partial charge on any atom is 0.306 e. The molecule has 0 amide bonds. The maximum atomic E-state index is 12.1. The molecule has 1 aromatic heterocycles. The Labute approximate surface area is 133 Å². The highest BCUT2D eigenvalue weighted by atomic mass is 16.6. The van der Waals surface area contributed by atoms with Crippen LogP contribution in [0, 0.1) is 11.8 Å². The fourth-order valence-electron chi connectivity index (χ4n) is 3.57. The molecule has 0 radical (unpaired) electrons. The lowest BCUT2D eigenvalue weighted by molar-refractivity contribution is -0.156. The topological polar surface area (TPSA) is 65.2 Å². The fourth-order valence-corrected chi connectivity index (χ4v) is 3.57. The van der Waals surface area contributed by atoms with E-state index in [4.69, 9.17) is 10.5 Å². The van der Waals surface area contributed by atoms with Crippen molar-refractivity contribution in [3.8, 4) is 0 Å². The summed E-state index contributed by atoms with van der Waals surface area (Å²) in [4.78, 5) is 16.2. The van der Waals surface area contributed by atoms with Crippen LogP contribution in [0.1, 0.15) is 64.9 Å². The molecule has 2 rings (SSSR count). The summed E-state index contributed by atoms with van der Waals surface area (Å²) >= 11 is 0. The van der Waals surface area contributed by atoms with Crippen LogP contribution in [0.15, 0.2) is 18.5 Å². The SMILES string of the molecule is C[C@@H]1C[C@H](CC(=O)OC(C)(C)C)C[C@H](c2ccncc2N)C1. The molecule has 1 saturated carbocycles. The van der Waals surface area contributed by atoms with Gasteiger partial charge in [0.1, 0.15) is 5.60 Å². The van der Waals surface area contributed by atoms with Crippen molar-refractivity contribution < 1.29 is 9.53 Å². The van der Waals surface area contributed by atoms with E-state index < -0.39 is 5.60 Å². The highest BCUT2D eigenvalue weighted by Crippen LogP contribution is 2.42. The van der Waals surface area contributed by atoms with Crippen LogP contribution in [0.4, 0.5) is 5.69 Å². The molecular formula is C18H28N2O2. The van der Waals surface area contributed by atoms with Gasteiger partial charge in [-0.15, -0.1) is 0 Å². The van der Waals surface area contributed by atoms with Crippen LogP contribution in [0.5, 0.6) is 0 Å². The van der Waals surface area contributed by atoms with Crippen LogP contribution in [0.25, 0.3) is 0 Å². The Kier molecular flexibility index (Phi) is 5.09. The van der Waals surface area contributed by atoms with Gasteiger partial charge in [-0.25, -0.2) is 0 Å². The predicted octanol–water partition coefficient (Wildman–Crippen LogP) is 3.92. The minimum Gasteiger partial charge on any atom is -0.460 e. The summed E-state index contributed by atoms with van der Waals surface area (Å²) in [5.74, 6) is 1.29. The third-order valence-electron chi connectivity index (χ3n) is 4.24. The molecule has 1 aliphatic rings. The first-order chi connectivity index (χ1) is 10.2. The molecule has 0 aliphatic heterocycles. The lowest BCUT2D eigenvalue weighted by atomic mass is 9.72. The zero-order valence-corrected chi connectivity index (χ0v) is 14.1. The Balaban J connectivity index is 2.02. The number of hydrogen-bond acceptors (Lipinski definition) is 4. The molecule has 4 nitrogen and oxygen atoms in total. The number of ether oxygens (including phenoxy) is 1. The minimum absolute atomic E-state index is 0.0898. The molecule has 1 aliphatic carbocycles. The van der Waals surface area contributed by atoms with Gasteiger partial charge in [-0.2, -0.15) is 0 Å². The van der Waals surface area contributed by atoms with Gasteiger partial charge in [0, 0.05) is 12.6 Å². The zero-order chi connectivity index (χ0) is 16.3. The standard InChI is InChI=1S/C18H28N2O2/c1-12-7-13(10-17(21)22-18(2,3)4)9-14(8-12)15-5-6-20-11-16(15)19/h5-6,11-14H,7-10,19H2,1-4H3/t12-,13+,14-/m1/s1. The minimum atomic E-state index is -0.410. The average Bonchev–Trinajstić information content (AvgIpc) is 2.35. The first kappa shape index (κ1) is 16.8. The van der Waals surface area contributed by atoms with Crippen LogP contribution in [0.2, 0.25) is 0 Å². The summed E-state index contributed by atoms with van der Waals surface area (Å²) in [6.45, 7) is 7.99. The second-order valence-electron chi connectivity index (χ2n) is 7.67. The molecule has 22 heavy (non-hydrogen) atoms. The van der Waals surface area contributed by atoms with E-state index >= 15 is 0 Å². The Morgan fingerprint density at radius 3 is 2.73 bits per heavy atom. The van der Waals surface area contributed by atoms with Crippen molar-refractivity contribution in [3.05, 3.63) is 24.0 Å². The van der Waals surface area contributed by atoms with Crippen molar-refractivity contribution in [2.75, 3.05) is 5.73 Å². The number of esters is 1. The number of nitrogen functional groups attached to an aromatic ring is 1. The van der Waals surface area contributed by atoms with E-state index in [2.05, 4.69) is 11.9 Å². The van der Waals surface area contributed by atoms with Gasteiger partial charge < -0.3 is 10.5 Å². The number of aromatic nitrogens is 1. The number of nitrogens with two attached hydrogens (primary N) is 1. The molecule has 1 heterocycles. The summed E-state index contributed by atoms with van der Waals surface area (Å²) in [5, 5.41) is 0. The van der Waals surface area contributed by atoms with Crippen LogP contribution < -0.4 is 5.73 Å². The number of rotatable bonds is 3. The van der Waals surface area contributed by atoms with Crippen molar-refractivity contribution in [1.29, 1.82) is 0 Å². The lowest BCUT2D eigenvalue weighted by Gasteiger charge is -2.34. The van der Waals surface area contributed by atoms with Crippen molar-refractivity contribution in [2.45, 2.75) is 64.9 Å². The normalized spacial score (nSPS) is 25.7. The van der Waals surface area contributed by atoms with Gasteiger partial charge in [-0.1, -0.05) is 6.92 Å². The van der Waals surface area contributed by atoms with E-state index in [9.17, 15) is 4.79 Å². The van der Waals surface area contributed by atoms with Gasteiger partial charge in [0.2, 0.25) is 0 Å². The molecule has 0 spiro atoms. The Hall–Kier alpha value is -1.58. The molecule has 0 saturated heterocycles. The van der Waals surface area contributed by atoms with Crippen LogP contribution in [0.3, 0.4) is 0 Å². The molecule has 1 fully saturated rings. The van der Waals surface area contributed by atoms with Gasteiger partial charge in [0.25, 0.3) is 0 Å². The number of nitrogens with zero attached hydrogens (tertiary/aromatic N) is 1. The van der Waals surface area contributed by atoms with Crippen LogP contribution in [-0.4, -0.2) is 16.6 Å². The molecular weight excluding hydrogens is 276 g/mol. The maximum absolute atomic E-state index is 12.1. The Morgan fingerprint density at radius 2 is 2.09 bits per heavy atom. The van der Waals surface area contributed by atoms with E-state index in [-0.39, 0.29) is 5.97 Å². The van der Waals surface area contributed by atoms with Gasteiger partial charge in [-0.3, -0.25) is 9.78 Å². The monoisotopic (exact) mass is 304 g/mol. The predicted molar refractivity (Wildman–Crippen MR) is 88.4 cm³/mol. The third-order valence-corrected chi connectivity index (χ3v) is 4.24. The van der Waals surface area contributed by atoms with Crippen LogP contribution >= 0.6 is 0 Å². The number of pyridine rings is 1. The molecule has 2 N–H and O–H groups in total. The smallest absolute Gasteiger partial charge is 0.306 e. The van der Waals surface area contributed by atoms with Gasteiger partial charge >= 0.3 is 5.97 Å². The summed E-state index contributed by atoms with van der Waals surface area (Å²) in [6, 6.07) is 2.02. The summed E-state index contributed by atoms with van der Waals surface area (Å²) in [6.07, 6.45) is 7.23. The summed E-state index contributed by atoms with van der Waals surface area (Å²) < 4.78 is 5.47. The quantitative estimate of drug-likeness (QED) is 0.860. The molecule has 0 bridgehead atoms. The number of carbonyl (C=O) groups excluding carboxylic acids is 1. The highest BCUT2D eigenvalue weighted by molar-refractivity contribution is 5.70. The highest BCUT2D eigenvalue weighted by Gasteiger charge is 2.31. The van der Waals surface area contributed by atoms with E-state index in [0.717, 1.165) is 24.9 Å². The van der Waals surface area contributed by atoms with Crippen molar-refractivity contribution in [1.82, 2.24) is 4.98 Å². The first-order valence-corrected chi connectivity index (χ1v) is 8.16. The van der Waals surface area contributed by atoms with Gasteiger partial charge in [0.05, 0.1) is 11.9 Å². The molecule has 0 unspecified atom stereocenters. The summed E-state index contributed by atoms with van der Waals surface area (Å²) in [5.41, 5.74) is 7.60. The number of anilines is 1. The Bertz CT molecular complexity index is 522. The lowest BCUT2D eigenvalue weighted by Crippen LogP contribution is -2.28. The van der Waals surface area contributed by atoms with Crippen molar-refractivity contribution >= 4 is 11.7 Å². The molecule has 1 aromatic rings. The van der Waals surface area contributed by atoms with E-state index in [0.29, 0.717) is 24.2 Å². The fraction of sp³-hybridized carbons (Fsp3) is 0.667. The molecule has 0 aromatic carbocycles. The number of carbonyl (C=O) groups is 1. The van der Waals surface area contributed by atoms with Crippen molar-refractivity contribution in [2.24, 2.45) is 11.8 Å². The largest absolute Gasteiger partial charge is 0.460 e. The second-order valence-corrected chi connectivity index (χ2v) is 7.67. The van der Waals surface area contributed by atoms with E-state index in [1.807, 2.05) is 26.8 Å². The Morgan fingerprint density at radius 1 is 1.36 bits per heavy atom. The van der Waals surface area contributed by atoms with E-state index in [1.54, 1.807) is 12.4 Å². The molecule has 122 valence electrons. The average molecular weight is 304 g/mol. The summed E-state index contributed by atoms with van der Waals surface area (Å²) in [7, 11) is 0. The second kappa shape index (κ2) is 6.67.